The van der Waals surface area contributed by atoms with Crippen molar-refractivity contribution >= 4 is 46.7 Å². The minimum atomic E-state index is -0.165. The standard InChI is InChI=1S/C20H18ClN5O2S2/c1-26-18(12-28-16-8-4-2-6-14(16)21)24-25-20(26)30-13-19(27)23-15-7-3-5-9-17(15)29-11-10-22/h2-9H,11-13H2,1H3,(H,23,27). The summed E-state index contributed by atoms with van der Waals surface area (Å²) in [6.07, 6.45) is 0. The summed E-state index contributed by atoms with van der Waals surface area (Å²) < 4.78 is 7.48. The molecule has 0 unspecified atom stereocenters. The highest BCUT2D eigenvalue weighted by molar-refractivity contribution is 8.00. The first-order valence-corrected chi connectivity index (χ1v) is 11.2. The third kappa shape index (κ3) is 5.92. The Bertz CT molecular complexity index is 1070. The summed E-state index contributed by atoms with van der Waals surface area (Å²) in [5.74, 6) is 1.52. The Morgan fingerprint density at radius 2 is 1.97 bits per heavy atom. The van der Waals surface area contributed by atoms with Gasteiger partial charge < -0.3 is 14.6 Å². The fourth-order valence-electron chi connectivity index (χ4n) is 2.42. The lowest BCUT2D eigenvalue weighted by Crippen LogP contribution is -2.15. The van der Waals surface area contributed by atoms with Crippen molar-refractivity contribution in [3.8, 4) is 11.8 Å². The summed E-state index contributed by atoms with van der Waals surface area (Å²) in [7, 11) is 1.82. The van der Waals surface area contributed by atoms with Crippen LogP contribution in [0.5, 0.6) is 5.75 Å². The molecule has 0 fully saturated rings. The van der Waals surface area contributed by atoms with Gasteiger partial charge in [-0.05, 0) is 24.3 Å². The molecule has 10 heteroatoms. The number of halogens is 1. The van der Waals surface area contributed by atoms with Gasteiger partial charge in [0.15, 0.2) is 11.0 Å². The average molecular weight is 460 g/mol. The smallest absolute Gasteiger partial charge is 0.234 e. The minimum absolute atomic E-state index is 0.165. The van der Waals surface area contributed by atoms with E-state index in [9.17, 15) is 4.79 Å². The maximum Gasteiger partial charge on any atom is 0.234 e. The first kappa shape index (κ1) is 22.0. The van der Waals surface area contributed by atoms with Crippen LogP contribution in [0.15, 0.2) is 58.6 Å². The maximum atomic E-state index is 12.4. The second-order valence-electron chi connectivity index (χ2n) is 5.96. The Hall–Kier alpha value is -2.67. The zero-order chi connectivity index (χ0) is 21.3. The molecule has 1 amide bonds. The largest absolute Gasteiger partial charge is 0.484 e. The van der Waals surface area contributed by atoms with Gasteiger partial charge in [-0.3, -0.25) is 4.79 Å². The summed E-state index contributed by atoms with van der Waals surface area (Å²) in [6, 6.07) is 16.7. The van der Waals surface area contributed by atoms with Gasteiger partial charge in [-0.1, -0.05) is 47.6 Å². The van der Waals surface area contributed by atoms with Gasteiger partial charge in [0.2, 0.25) is 5.91 Å². The Morgan fingerprint density at radius 1 is 1.20 bits per heavy atom. The second kappa shape index (κ2) is 10.9. The number of ether oxygens (including phenoxy) is 1. The summed E-state index contributed by atoms with van der Waals surface area (Å²) in [4.78, 5) is 13.2. The van der Waals surface area contributed by atoms with Crippen LogP contribution in [0.1, 0.15) is 5.82 Å². The number of carbonyl (C=O) groups is 1. The molecule has 0 spiro atoms. The number of nitrogens with zero attached hydrogens (tertiary/aromatic N) is 4. The zero-order valence-corrected chi connectivity index (χ0v) is 18.4. The van der Waals surface area contributed by atoms with Gasteiger partial charge in [-0.15, -0.1) is 22.0 Å². The van der Waals surface area contributed by atoms with Crippen LogP contribution < -0.4 is 10.1 Å². The van der Waals surface area contributed by atoms with Crippen molar-refractivity contribution in [3.05, 3.63) is 59.4 Å². The van der Waals surface area contributed by atoms with Crippen LogP contribution in [0.2, 0.25) is 5.02 Å². The van der Waals surface area contributed by atoms with E-state index in [-0.39, 0.29) is 18.3 Å². The predicted molar refractivity (Wildman–Crippen MR) is 119 cm³/mol. The van der Waals surface area contributed by atoms with Crippen LogP contribution in [-0.4, -0.2) is 32.2 Å². The van der Waals surface area contributed by atoms with E-state index in [0.717, 1.165) is 4.90 Å². The third-order valence-corrected chi connectivity index (χ3v) is 6.18. The van der Waals surface area contributed by atoms with Crippen LogP contribution in [0.3, 0.4) is 0 Å². The van der Waals surface area contributed by atoms with Crippen molar-refractivity contribution in [1.29, 1.82) is 5.26 Å². The van der Waals surface area contributed by atoms with E-state index in [1.807, 2.05) is 43.4 Å². The minimum Gasteiger partial charge on any atom is -0.484 e. The fourth-order valence-corrected chi connectivity index (χ4v) is 4.01. The molecule has 0 radical (unpaired) electrons. The van der Waals surface area contributed by atoms with Crippen LogP contribution in [-0.2, 0) is 18.4 Å². The Labute approximate surface area is 187 Å². The predicted octanol–water partition coefficient (Wildman–Crippen LogP) is 4.39. The highest BCUT2D eigenvalue weighted by atomic mass is 35.5. The van der Waals surface area contributed by atoms with Gasteiger partial charge in [0.05, 0.1) is 28.3 Å². The van der Waals surface area contributed by atoms with Crippen molar-refractivity contribution in [3.63, 3.8) is 0 Å². The van der Waals surface area contributed by atoms with E-state index >= 15 is 0 Å². The highest BCUT2D eigenvalue weighted by Gasteiger charge is 2.13. The molecule has 7 nitrogen and oxygen atoms in total. The molecular formula is C20H18ClN5O2S2. The highest BCUT2D eigenvalue weighted by Crippen LogP contribution is 2.27. The van der Waals surface area contributed by atoms with Crippen molar-refractivity contribution in [2.75, 3.05) is 16.8 Å². The Balaban J connectivity index is 1.55. The second-order valence-corrected chi connectivity index (χ2v) is 8.32. The zero-order valence-electron chi connectivity index (χ0n) is 16.0. The number of hydrogen-bond acceptors (Lipinski definition) is 7. The van der Waals surface area contributed by atoms with Crippen molar-refractivity contribution in [2.24, 2.45) is 7.05 Å². The molecule has 0 aliphatic rings. The number of benzene rings is 2. The molecule has 30 heavy (non-hydrogen) atoms. The molecule has 1 heterocycles. The molecule has 3 aromatic rings. The lowest BCUT2D eigenvalue weighted by atomic mass is 10.3. The number of rotatable bonds is 9. The number of nitrogens with one attached hydrogen (secondary N) is 1. The van der Waals surface area contributed by atoms with E-state index < -0.39 is 0 Å². The van der Waals surface area contributed by atoms with E-state index in [0.29, 0.717) is 33.2 Å². The van der Waals surface area contributed by atoms with E-state index in [2.05, 4.69) is 21.6 Å². The van der Waals surface area contributed by atoms with E-state index in [1.165, 1.54) is 23.5 Å². The molecule has 1 aromatic heterocycles. The Morgan fingerprint density at radius 3 is 2.77 bits per heavy atom. The topological polar surface area (TPSA) is 92.8 Å². The van der Waals surface area contributed by atoms with E-state index in [1.54, 1.807) is 16.7 Å². The Kier molecular flexibility index (Phi) is 8.02. The van der Waals surface area contributed by atoms with Crippen molar-refractivity contribution in [1.82, 2.24) is 14.8 Å². The summed E-state index contributed by atoms with van der Waals surface area (Å²) in [5, 5.41) is 21.0. The van der Waals surface area contributed by atoms with Crippen molar-refractivity contribution in [2.45, 2.75) is 16.7 Å². The summed E-state index contributed by atoms with van der Waals surface area (Å²) >= 11 is 8.75. The van der Waals surface area contributed by atoms with Crippen LogP contribution in [0.4, 0.5) is 5.69 Å². The molecule has 0 saturated heterocycles. The number of para-hydroxylation sites is 2. The average Bonchev–Trinajstić information content (AvgIpc) is 3.10. The van der Waals surface area contributed by atoms with Crippen molar-refractivity contribution < 1.29 is 9.53 Å². The summed E-state index contributed by atoms with van der Waals surface area (Å²) in [5.41, 5.74) is 0.690. The van der Waals surface area contributed by atoms with Crippen LogP contribution >= 0.6 is 35.1 Å². The first-order valence-electron chi connectivity index (χ1n) is 8.85. The quantitative estimate of drug-likeness (QED) is 0.474. The lowest BCUT2D eigenvalue weighted by Gasteiger charge is -2.10. The number of aromatic nitrogens is 3. The first-order chi connectivity index (χ1) is 14.6. The molecule has 0 saturated carbocycles. The normalized spacial score (nSPS) is 10.4. The molecule has 2 aromatic carbocycles. The van der Waals surface area contributed by atoms with E-state index in [4.69, 9.17) is 21.6 Å². The molecule has 3 rings (SSSR count). The molecule has 0 bridgehead atoms. The molecule has 1 N–H and O–H groups in total. The molecule has 0 atom stereocenters. The van der Waals surface area contributed by atoms with Crippen LogP contribution in [0.25, 0.3) is 0 Å². The number of anilines is 1. The maximum absolute atomic E-state index is 12.4. The number of hydrogen-bond donors (Lipinski definition) is 1. The number of amides is 1. The third-order valence-electron chi connectivity index (χ3n) is 3.90. The molecular weight excluding hydrogens is 442 g/mol. The molecule has 154 valence electrons. The van der Waals surface area contributed by atoms with Gasteiger partial charge in [0.1, 0.15) is 12.4 Å². The molecule has 0 aliphatic heterocycles. The monoisotopic (exact) mass is 459 g/mol. The van der Waals surface area contributed by atoms with Gasteiger partial charge in [0.25, 0.3) is 0 Å². The molecule has 0 aliphatic carbocycles. The van der Waals surface area contributed by atoms with Gasteiger partial charge in [0, 0.05) is 11.9 Å². The van der Waals surface area contributed by atoms with Gasteiger partial charge in [-0.25, -0.2) is 0 Å². The van der Waals surface area contributed by atoms with Crippen LogP contribution in [0, 0.1) is 11.3 Å². The lowest BCUT2D eigenvalue weighted by molar-refractivity contribution is -0.113. The number of thioether (sulfide) groups is 2. The number of carbonyl (C=O) groups excluding carboxylic acids is 1. The SMILES string of the molecule is Cn1c(COc2ccccc2Cl)nnc1SCC(=O)Nc1ccccc1SCC#N. The summed E-state index contributed by atoms with van der Waals surface area (Å²) in [6.45, 7) is 0.212. The fraction of sp³-hybridized carbons (Fsp3) is 0.200. The van der Waals surface area contributed by atoms with Gasteiger partial charge in [-0.2, -0.15) is 5.26 Å². The number of nitriles is 1. The van der Waals surface area contributed by atoms with Gasteiger partial charge >= 0.3 is 0 Å².